The van der Waals surface area contributed by atoms with Gasteiger partial charge < -0.3 is 5.73 Å². The molecule has 0 radical (unpaired) electrons. The lowest BCUT2D eigenvalue weighted by Crippen LogP contribution is -2.33. The Labute approximate surface area is 137 Å². The van der Waals surface area contributed by atoms with E-state index in [2.05, 4.69) is 18.2 Å². The van der Waals surface area contributed by atoms with Crippen LogP contribution in [0.4, 0.5) is 5.69 Å². The molecule has 23 heavy (non-hydrogen) atoms. The van der Waals surface area contributed by atoms with Crippen LogP contribution in [0.25, 0.3) is 0 Å². The first kappa shape index (κ1) is 14.3. The van der Waals surface area contributed by atoms with Crippen molar-refractivity contribution in [3.05, 3.63) is 58.4 Å². The minimum atomic E-state index is -0.465. The maximum absolute atomic E-state index is 9.94. The predicted molar refractivity (Wildman–Crippen MR) is 91.0 cm³/mol. The Morgan fingerprint density at radius 1 is 1.00 bits per heavy atom. The highest BCUT2D eigenvalue weighted by molar-refractivity contribution is 5.60. The molecule has 2 aliphatic rings. The van der Waals surface area contributed by atoms with Crippen molar-refractivity contribution in [1.82, 2.24) is 4.98 Å². The highest BCUT2D eigenvalue weighted by Gasteiger charge is 2.38. The summed E-state index contributed by atoms with van der Waals surface area (Å²) < 4.78 is 0. The van der Waals surface area contributed by atoms with Gasteiger partial charge in [0.05, 0.1) is 11.5 Å². The van der Waals surface area contributed by atoms with E-state index in [1.807, 2.05) is 18.2 Å². The predicted octanol–water partition coefficient (Wildman–Crippen LogP) is 3.49. The van der Waals surface area contributed by atoms with Crippen LogP contribution in [0.3, 0.4) is 0 Å². The number of pyridine rings is 1. The molecule has 2 N–H and O–H groups in total. The van der Waals surface area contributed by atoms with E-state index in [0.29, 0.717) is 6.42 Å². The lowest BCUT2D eigenvalue weighted by Gasteiger charge is -2.34. The molecule has 0 saturated heterocycles. The Hall–Kier alpha value is -2.34. The van der Waals surface area contributed by atoms with Gasteiger partial charge in [-0.3, -0.25) is 4.98 Å². The van der Waals surface area contributed by atoms with Gasteiger partial charge in [-0.25, -0.2) is 0 Å². The van der Waals surface area contributed by atoms with Crippen LogP contribution in [0.1, 0.15) is 47.3 Å². The third kappa shape index (κ3) is 2.21. The zero-order chi connectivity index (χ0) is 15.9. The molecule has 1 heterocycles. The second-order valence-electron chi connectivity index (χ2n) is 6.82. The summed E-state index contributed by atoms with van der Waals surface area (Å²) in [5.41, 5.74) is 12.8. The first-order chi connectivity index (χ1) is 11.2. The molecule has 0 amide bonds. The van der Waals surface area contributed by atoms with Crippen LogP contribution in [0.15, 0.2) is 30.3 Å². The number of fused-ring (bicyclic) bond motifs is 2. The summed E-state index contributed by atoms with van der Waals surface area (Å²) in [6.07, 6.45) is 6.85. The Bertz CT molecular complexity index is 789. The molecule has 116 valence electrons. The Kier molecular flexibility index (Phi) is 3.34. The van der Waals surface area contributed by atoms with Crippen LogP contribution in [0, 0.1) is 11.3 Å². The first-order valence-corrected chi connectivity index (χ1v) is 8.49. The quantitative estimate of drug-likeness (QED) is 0.877. The number of nitriles is 1. The molecular formula is C20H21N3. The fourth-order valence-corrected chi connectivity index (χ4v) is 4.16. The summed E-state index contributed by atoms with van der Waals surface area (Å²) >= 11 is 0. The molecule has 1 aromatic heterocycles. The average molecular weight is 303 g/mol. The van der Waals surface area contributed by atoms with E-state index in [0.717, 1.165) is 48.2 Å². The number of benzene rings is 1. The Balaban J connectivity index is 1.81. The van der Waals surface area contributed by atoms with Crippen LogP contribution in [-0.2, 0) is 31.1 Å². The molecule has 4 rings (SSSR count). The summed E-state index contributed by atoms with van der Waals surface area (Å²) in [5.74, 6) is 0. The molecule has 3 nitrogen and oxygen atoms in total. The van der Waals surface area contributed by atoms with Gasteiger partial charge in [0.2, 0.25) is 0 Å². The van der Waals surface area contributed by atoms with Gasteiger partial charge in [-0.05, 0) is 61.6 Å². The van der Waals surface area contributed by atoms with Crippen LogP contribution in [0.5, 0.6) is 0 Å². The SMILES string of the molecule is N#CC1(c2ccccc2)CCc2nc3c(c(N)c2C1)CCCC3. The minimum absolute atomic E-state index is 0.465. The molecule has 2 aliphatic carbocycles. The van der Waals surface area contributed by atoms with Gasteiger partial charge in [-0.2, -0.15) is 5.26 Å². The molecule has 0 fully saturated rings. The second kappa shape index (κ2) is 5.38. The van der Waals surface area contributed by atoms with Crippen molar-refractivity contribution < 1.29 is 0 Å². The maximum Gasteiger partial charge on any atom is 0.0867 e. The van der Waals surface area contributed by atoms with Gasteiger partial charge in [-0.15, -0.1) is 0 Å². The van der Waals surface area contributed by atoms with Crippen LogP contribution >= 0.6 is 0 Å². The molecule has 0 saturated carbocycles. The van der Waals surface area contributed by atoms with Gasteiger partial charge in [0.1, 0.15) is 0 Å². The highest BCUT2D eigenvalue weighted by atomic mass is 14.8. The topological polar surface area (TPSA) is 62.7 Å². The summed E-state index contributed by atoms with van der Waals surface area (Å²) in [7, 11) is 0. The van der Waals surface area contributed by atoms with E-state index in [-0.39, 0.29) is 0 Å². The van der Waals surface area contributed by atoms with E-state index in [9.17, 15) is 5.26 Å². The van der Waals surface area contributed by atoms with Crippen molar-refractivity contribution >= 4 is 5.69 Å². The molecular weight excluding hydrogens is 282 g/mol. The van der Waals surface area contributed by atoms with E-state index < -0.39 is 5.41 Å². The lowest BCUT2D eigenvalue weighted by atomic mass is 9.68. The molecule has 0 aliphatic heterocycles. The van der Waals surface area contributed by atoms with Crippen molar-refractivity contribution in [1.29, 1.82) is 5.26 Å². The Morgan fingerprint density at radius 2 is 1.74 bits per heavy atom. The van der Waals surface area contributed by atoms with Crippen LogP contribution in [-0.4, -0.2) is 4.98 Å². The zero-order valence-corrected chi connectivity index (χ0v) is 13.3. The van der Waals surface area contributed by atoms with Crippen LogP contribution < -0.4 is 5.73 Å². The number of rotatable bonds is 1. The van der Waals surface area contributed by atoms with E-state index >= 15 is 0 Å². The third-order valence-corrected chi connectivity index (χ3v) is 5.51. The third-order valence-electron chi connectivity index (χ3n) is 5.51. The normalized spacial score (nSPS) is 22.7. The standard InChI is InChI=1S/C20H21N3/c21-13-20(14-6-2-1-3-7-14)11-10-18-16(12-20)19(22)15-8-4-5-9-17(15)23-18/h1-3,6-7H,4-5,8-12H2,(H2,22,23). The molecule has 2 aromatic rings. The fraction of sp³-hybridized carbons (Fsp3) is 0.400. The van der Waals surface area contributed by atoms with Crippen molar-refractivity contribution in [3.63, 3.8) is 0 Å². The van der Waals surface area contributed by atoms with Crippen molar-refractivity contribution in [2.75, 3.05) is 5.73 Å². The van der Waals surface area contributed by atoms with Crippen molar-refractivity contribution in [2.24, 2.45) is 0 Å². The van der Waals surface area contributed by atoms with E-state index in [1.165, 1.54) is 24.1 Å². The smallest absolute Gasteiger partial charge is 0.0867 e. The number of aromatic nitrogens is 1. The number of nitrogen functional groups attached to an aromatic ring is 1. The van der Waals surface area contributed by atoms with Crippen LogP contribution in [0.2, 0.25) is 0 Å². The van der Waals surface area contributed by atoms with Crippen molar-refractivity contribution in [2.45, 2.75) is 50.4 Å². The molecule has 1 atom stereocenters. The first-order valence-electron chi connectivity index (χ1n) is 8.49. The van der Waals surface area contributed by atoms with E-state index in [4.69, 9.17) is 10.7 Å². The number of nitrogens with zero attached hydrogens (tertiary/aromatic N) is 2. The van der Waals surface area contributed by atoms with Gasteiger partial charge in [0.15, 0.2) is 0 Å². The van der Waals surface area contributed by atoms with Gasteiger partial charge in [0, 0.05) is 17.1 Å². The molecule has 0 spiro atoms. The molecule has 3 heteroatoms. The highest BCUT2D eigenvalue weighted by Crippen LogP contribution is 2.41. The lowest BCUT2D eigenvalue weighted by molar-refractivity contribution is 0.464. The summed E-state index contributed by atoms with van der Waals surface area (Å²) in [4.78, 5) is 4.92. The average Bonchev–Trinajstić information content (AvgIpc) is 2.63. The van der Waals surface area contributed by atoms with Gasteiger partial charge >= 0.3 is 0 Å². The minimum Gasteiger partial charge on any atom is -0.398 e. The summed E-state index contributed by atoms with van der Waals surface area (Å²) in [6.45, 7) is 0. The number of anilines is 1. The second-order valence-corrected chi connectivity index (χ2v) is 6.82. The molecule has 1 unspecified atom stereocenters. The van der Waals surface area contributed by atoms with Gasteiger partial charge in [-0.1, -0.05) is 30.3 Å². The van der Waals surface area contributed by atoms with Crippen molar-refractivity contribution in [3.8, 4) is 6.07 Å². The fourth-order valence-electron chi connectivity index (χ4n) is 4.16. The summed E-state index contributed by atoms with van der Waals surface area (Å²) in [5, 5.41) is 9.94. The molecule has 1 aromatic carbocycles. The Morgan fingerprint density at radius 3 is 2.52 bits per heavy atom. The number of aryl methyl sites for hydroxylation is 2. The largest absolute Gasteiger partial charge is 0.398 e. The maximum atomic E-state index is 9.94. The van der Waals surface area contributed by atoms with Gasteiger partial charge in [0.25, 0.3) is 0 Å². The number of nitrogens with two attached hydrogens (primary N) is 1. The zero-order valence-electron chi connectivity index (χ0n) is 13.3. The molecule has 0 bridgehead atoms. The monoisotopic (exact) mass is 303 g/mol. The number of hydrogen-bond acceptors (Lipinski definition) is 3. The summed E-state index contributed by atoms with van der Waals surface area (Å²) in [6, 6.07) is 12.8. The van der Waals surface area contributed by atoms with E-state index in [1.54, 1.807) is 0 Å². The number of hydrogen-bond donors (Lipinski definition) is 1.